The van der Waals surface area contributed by atoms with Crippen molar-refractivity contribution >= 4 is 0 Å². The van der Waals surface area contributed by atoms with Crippen molar-refractivity contribution < 1.29 is 9.47 Å². The minimum absolute atomic E-state index is 0.0972. The summed E-state index contributed by atoms with van der Waals surface area (Å²) in [4.78, 5) is 0. The zero-order valence-electron chi connectivity index (χ0n) is 3.18. The third kappa shape index (κ3) is 0.120. The quantitative estimate of drug-likeness (QED) is 0.428. The van der Waals surface area contributed by atoms with Crippen LogP contribution in [0.5, 0.6) is 0 Å². The van der Waals surface area contributed by atoms with Gasteiger partial charge in [-0.2, -0.15) is 0 Å². The summed E-state index contributed by atoms with van der Waals surface area (Å²) in [5, 5.41) is 0. The van der Waals surface area contributed by atoms with Crippen molar-refractivity contribution in [1.82, 2.24) is 0 Å². The Morgan fingerprint density at radius 1 is 1.67 bits per heavy atom. The van der Waals surface area contributed by atoms with Crippen molar-refractivity contribution in [3.63, 3.8) is 0 Å². The van der Waals surface area contributed by atoms with Crippen molar-refractivity contribution in [3.8, 4) is 0 Å². The van der Waals surface area contributed by atoms with Crippen LogP contribution in [0.3, 0.4) is 0 Å². The van der Waals surface area contributed by atoms with Crippen molar-refractivity contribution in [2.75, 3.05) is 0 Å². The molecule has 0 aromatic carbocycles. The van der Waals surface area contributed by atoms with E-state index in [1.807, 2.05) is 6.08 Å². The van der Waals surface area contributed by atoms with E-state index in [2.05, 4.69) is 0 Å². The van der Waals surface area contributed by atoms with E-state index in [1.165, 1.54) is 0 Å². The number of hydrogen-bond acceptors (Lipinski definition) is 2. The maximum Gasteiger partial charge on any atom is 0.281 e. The van der Waals surface area contributed by atoms with Crippen molar-refractivity contribution in [2.45, 2.75) is 12.7 Å². The van der Waals surface area contributed by atoms with Crippen LogP contribution in [0.4, 0.5) is 0 Å². The van der Waals surface area contributed by atoms with E-state index in [0.717, 1.165) is 12.4 Å². The van der Waals surface area contributed by atoms with Crippen molar-refractivity contribution in [2.24, 2.45) is 0 Å². The van der Waals surface area contributed by atoms with E-state index < -0.39 is 0 Å². The molecule has 0 aromatic heterocycles. The highest BCUT2D eigenvalue weighted by atomic mass is 16.9. The van der Waals surface area contributed by atoms with Gasteiger partial charge in [0.2, 0.25) is 0 Å². The number of rotatable bonds is 0. The molecule has 0 atom stereocenters. The van der Waals surface area contributed by atoms with Crippen molar-refractivity contribution in [3.05, 3.63) is 12.0 Å². The highest BCUT2D eigenvalue weighted by Gasteiger charge is 2.31. The van der Waals surface area contributed by atoms with Gasteiger partial charge in [0.1, 0.15) is 0 Å². The Balaban J connectivity index is 2.37. The van der Waals surface area contributed by atoms with Crippen LogP contribution in [0, 0.1) is 0 Å². The smallest absolute Gasteiger partial charge is 0.281 e. The van der Waals surface area contributed by atoms with Gasteiger partial charge in [0.25, 0.3) is 12.2 Å². The molecule has 0 spiro atoms. The summed E-state index contributed by atoms with van der Waals surface area (Å²) in [5.41, 5.74) is 0. The first-order valence-electron chi connectivity index (χ1n) is 1.98. The first-order valence-corrected chi connectivity index (χ1v) is 1.98. The van der Waals surface area contributed by atoms with Crippen LogP contribution in [0.15, 0.2) is 12.0 Å². The minimum Gasteiger partial charge on any atom is -0.425 e. The molecule has 2 nitrogen and oxygen atoms in total. The topological polar surface area (TPSA) is 18.5 Å². The predicted octanol–water partition coefficient (Wildman–Crippen LogP) is 0.604. The zero-order valence-corrected chi connectivity index (χ0v) is 3.18. The van der Waals surface area contributed by atoms with E-state index in [-0.39, 0.29) is 6.29 Å². The Morgan fingerprint density at radius 3 is 2.67 bits per heavy atom. The molecule has 0 radical (unpaired) electrons. The SMILES string of the molecule is C1=C2OC(C1)O2. The van der Waals surface area contributed by atoms with Crippen LogP contribution in [0.2, 0.25) is 0 Å². The van der Waals surface area contributed by atoms with Gasteiger partial charge in [-0.15, -0.1) is 0 Å². The lowest BCUT2D eigenvalue weighted by atomic mass is 10.5. The molecule has 6 heavy (non-hydrogen) atoms. The Hall–Kier alpha value is -0.660. The molecule has 1 fully saturated rings. The molecule has 0 saturated carbocycles. The van der Waals surface area contributed by atoms with Crippen LogP contribution in [-0.2, 0) is 9.47 Å². The fraction of sp³-hybridized carbons (Fsp3) is 0.500. The Morgan fingerprint density at radius 2 is 2.50 bits per heavy atom. The molecule has 0 N–H and O–H groups in total. The first-order chi connectivity index (χ1) is 2.95. The standard InChI is InChI=1S/C4H4O2/c1-2-4-5-3(1)6-4/h1,4H,2H2. The Kier molecular flexibility index (Phi) is 0.231. The van der Waals surface area contributed by atoms with Gasteiger partial charge in [-0.05, 0) is 0 Å². The molecule has 3 aliphatic heterocycles. The summed E-state index contributed by atoms with van der Waals surface area (Å²) < 4.78 is 9.78. The zero-order chi connectivity index (χ0) is 3.98. The highest BCUT2D eigenvalue weighted by molar-refractivity contribution is 4.99. The molecule has 1 saturated heterocycles. The minimum atomic E-state index is 0.0972. The normalized spacial score (nSPS) is 27.0. The fourth-order valence-electron chi connectivity index (χ4n) is 0.653. The fourth-order valence-corrected chi connectivity index (χ4v) is 0.653. The van der Waals surface area contributed by atoms with E-state index in [4.69, 9.17) is 9.47 Å². The average molecular weight is 84.1 g/mol. The molecule has 32 valence electrons. The molecular formula is C4H4O2. The van der Waals surface area contributed by atoms with E-state index in [9.17, 15) is 0 Å². The molecule has 2 bridgehead atoms. The van der Waals surface area contributed by atoms with Crippen LogP contribution in [0.1, 0.15) is 6.42 Å². The van der Waals surface area contributed by atoms with Crippen molar-refractivity contribution in [1.29, 1.82) is 0 Å². The second-order valence-corrected chi connectivity index (χ2v) is 1.42. The summed E-state index contributed by atoms with van der Waals surface area (Å²) >= 11 is 0. The van der Waals surface area contributed by atoms with Gasteiger partial charge >= 0.3 is 0 Å². The lowest BCUT2D eigenvalue weighted by molar-refractivity contribution is -0.223. The Bertz CT molecular complexity index is 95.4. The number of hydrogen-bond donors (Lipinski definition) is 0. The Labute approximate surface area is 35.4 Å². The molecular weight excluding hydrogens is 80.0 g/mol. The molecule has 2 heteroatoms. The largest absolute Gasteiger partial charge is 0.425 e. The van der Waals surface area contributed by atoms with Crippen LogP contribution in [-0.4, -0.2) is 6.29 Å². The maximum atomic E-state index is 4.89. The number of fused-ring (bicyclic) bond motifs is 1. The second-order valence-electron chi connectivity index (χ2n) is 1.42. The molecule has 0 amide bonds. The van der Waals surface area contributed by atoms with Gasteiger partial charge in [0.05, 0.1) is 0 Å². The number of ether oxygens (including phenoxy) is 2. The molecule has 0 unspecified atom stereocenters. The molecule has 0 aromatic rings. The van der Waals surface area contributed by atoms with Gasteiger partial charge in [-0.1, -0.05) is 0 Å². The molecule has 0 aliphatic carbocycles. The lowest BCUT2D eigenvalue weighted by Crippen LogP contribution is -2.20. The van der Waals surface area contributed by atoms with Gasteiger partial charge < -0.3 is 9.47 Å². The third-order valence-corrected chi connectivity index (χ3v) is 0.972. The van der Waals surface area contributed by atoms with Crippen LogP contribution < -0.4 is 0 Å². The first kappa shape index (κ1) is 2.50. The monoisotopic (exact) mass is 84.0 g/mol. The van der Waals surface area contributed by atoms with Gasteiger partial charge in [0.15, 0.2) is 0 Å². The van der Waals surface area contributed by atoms with Gasteiger partial charge in [0, 0.05) is 12.5 Å². The summed E-state index contributed by atoms with van der Waals surface area (Å²) in [6, 6.07) is 0. The third-order valence-electron chi connectivity index (χ3n) is 0.972. The maximum absolute atomic E-state index is 4.89. The van der Waals surface area contributed by atoms with Gasteiger partial charge in [-0.25, -0.2) is 0 Å². The second kappa shape index (κ2) is 0.555. The van der Waals surface area contributed by atoms with Crippen LogP contribution in [0.25, 0.3) is 0 Å². The summed E-state index contributed by atoms with van der Waals surface area (Å²) in [6.07, 6.45) is 3.00. The molecule has 3 rings (SSSR count). The molecule has 3 heterocycles. The summed E-state index contributed by atoms with van der Waals surface area (Å²) in [7, 11) is 0. The van der Waals surface area contributed by atoms with E-state index in [0.29, 0.717) is 0 Å². The average Bonchev–Trinajstić information content (AvgIpc) is 1.72. The summed E-state index contributed by atoms with van der Waals surface area (Å²) in [5.74, 6) is 0.722. The predicted molar refractivity (Wildman–Crippen MR) is 18.7 cm³/mol. The van der Waals surface area contributed by atoms with Crippen LogP contribution >= 0.6 is 0 Å². The van der Waals surface area contributed by atoms with E-state index >= 15 is 0 Å². The van der Waals surface area contributed by atoms with Gasteiger partial charge in [-0.3, -0.25) is 0 Å². The van der Waals surface area contributed by atoms with E-state index in [1.54, 1.807) is 0 Å². The highest BCUT2D eigenvalue weighted by Crippen LogP contribution is 2.30. The lowest BCUT2D eigenvalue weighted by Gasteiger charge is -2.22. The molecule has 3 aliphatic rings. The summed E-state index contributed by atoms with van der Waals surface area (Å²) in [6.45, 7) is 0.